The van der Waals surface area contributed by atoms with Crippen molar-refractivity contribution in [2.24, 2.45) is 0 Å². The Labute approximate surface area is 266 Å². The number of phosphoric acid groups is 1. The number of benzene rings is 3. The number of ketones is 2. The van der Waals surface area contributed by atoms with Gasteiger partial charge in [-0.15, -0.1) is 0 Å². The summed E-state index contributed by atoms with van der Waals surface area (Å²) in [5, 5.41) is 58.6. The second kappa shape index (κ2) is 14.4. The van der Waals surface area contributed by atoms with E-state index < -0.39 is 71.4 Å². The molecular formula is C24H21Na2O12P. The van der Waals surface area contributed by atoms with E-state index in [1.165, 1.54) is 18.2 Å². The molecule has 196 valence electrons. The number of phenolic OH excluding ortho intramolecular Hbond substituents is 6. The number of hydrogen-bond acceptors (Lipinski definition) is 12. The van der Waals surface area contributed by atoms with Crippen LogP contribution in [0.2, 0.25) is 0 Å². The Morgan fingerprint density at radius 2 is 1.13 bits per heavy atom. The number of aromatic hydroxyl groups is 6. The van der Waals surface area contributed by atoms with Crippen molar-refractivity contribution in [2.45, 2.75) is 25.7 Å². The largest absolute Gasteiger partial charge is 1.00 e. The maximum atomic E-state index is 12.7. The molecule has 0 radical (unpaired) electrons. The monoisotopic (exact) mass is 578 g/mol. The van der Waals surface area contributed by atoms with Crippen LogP contribution in [-0.2, 0) is 17.4 Å². The molecule has 0 unspecified atom stereocenters. The van der Waals surface area contributed by atoms with E-state index in [0.29, 0.717) is 5.56 Å². The van der Waals surface area contributed by atoms with Crippen molar-refractivity contribution in [2.75, 3.05) is 0 Å². The molecule has 3 aromatic rings. The maximum Gasteiger partial charge on any atom is 1.00 e. The van der Waals surface area contributed by atoms with Crippen LogP contribution in [0.15, 0.2) is 42.5 Å². The van der Waals surface area contributed by atoms with E-state index in [0.717, 1.165) is 24.3 Å². The quantitative estimate of drug-likeness (QED) is 0.0764. The molecule has 0 spiro atoms. The van der Waals surface area contributed by atoms with Gasteiger partial charge >= 0.3 is 59.1 Å². The molecule has 0 saturated carbocycles. The van der Waals surface area contributed by atoms with Gasteiger partial charge in [0.1, 0.15) is 59.2 Å². The smallest absolute Gasteiger partial charge is 0.780 e. The summed E-state index contributed by atoms with van der Waals surface area (Å²) in [6.07, 6.45) is -1.07. The van der Waals surface area contributed by atoms with E-state index in [9.17, 15) is 54.6 Å². The third-order valence-corrected chi connectivity index (χ3v) is 5.80. The minimum absolute atomic E-state index is 0. The van der Waals surface area contributed by atoms with Crippen molar-refractivity contribution in [3.8, 4) is 40.2 Å². The van der Waals surface area contributed by atoms with Gasteiger partial charge in [0, 0.05) is 37.1 Å². The molecule has 12 nitrogen and oxygen atoms in total. The molecule has 0 heterocycles. The number of carbonyl (C=O) groups excluding carboxylic acids is 2. The van der Waals surface area contributed by atoms with Crippen LogP contribution in [0.3, 0.4) is 0 Å². The van der Waals surface area contributed by atoms with Crippen molar-refractivity contribution in [3.63, 3.8) is 0 Å². The summed E-state index contributed by atoms with van der Waals surface area (Å²) >= 11 is 0. The van der Waals surface area contributed by atoms with E-state index in [1.807, 2.05) is 0 Å². The van der Waals surface area contributed by atoms with Crippen molar-refractivity contribution in [3.05, 3.63) is 64.7 Å². The van der Waals surface area contributed by atoms with Gasteiger partial charge in [-0.2, -0.15) is 0 Å². The summed E-state index contributed by atoms with van der Waals surface area (Å²) in [5.74, 6) is -5.52. The summed E-state index contributed by atoms with van der Waals surface area (Å²) in [7, 11) is -5.51. The molecule has 0 aromatic heterocycles. The summed E-state index contributed by atoms with van der Waals surface area (Å²) in [6, 6.07) is 7.43. The molecule has 6 N–H and O–H groups in total. The maximum absolute atomic E-state index is 12.7. The van der Waals surface area contributed by atoms with Crippen molar-refractivity contribution >= 4 is 19.4 Å². The van der Waals surface area contributed by atoms with E-state index in [1.54, 1.807) is 0 Å². The molecule has 0 fully saturated rings. The van der Waals surface area contributed by atoms with Crippen LogP contribution in [0, 0.1) is 0 Å². The molecule has 0 bridgehead atoms. The Morgan fingerprint density at radius 3 is 1.54 bits per heavy atom. The van der Waals surface area contributed by atoms with Gasteiger partial charge in [0.15, 0.2) is 11.6 Å². The molecule has 0 aliphatic rings. The van der Waals surface area contributed by atoms with E-state index >= 15 is 0 Å². The number of carbonyl (C=O) groups is 2. The van der Waals surface area contributed by atoms with Gasteiger partial charge in [0.05, 0.1) is 0 Å². The first-order chi connectivity index (χ1) is 17.3. The minimum Gasteiger partial charge on any atom is -0.780 e. The van der Waals surface area contributed by atoms with Gasteiger partial charge in [-0.1, -0.05) is 12.1 Å². The molecule has 15 heteroatoms. The Hall–Kier alpha value is -2.25. The third kappa shape index (κ3) is 9.14. The van der Waals surface area contributed by atoms with Gasteiger partial charge in [-0.3, -0.25) is 9.59 Å². The van der Waals surface area contributed by atoms with Crippen LogP contribution in [0.5, 0.6) is 40.2 Å². The Bertz CT molecular complexity index is 1370. The first-order valence-corrected chi connectivity index (χ1v) is 12.1. The minimum atomic E-state index is -5.51. The molecule has 39 heavy (non-hydrogen) atoms. The summed E-state index contributed by atoms with van der Waals surface area (Å²) in [6.45, 7) is 0. The van der Waals surface area contributed by atoms with Gasteiger partial charge < -0.3 is 49.5 Å². The Balaban J connectivity index is 0.00000380. The van der Waals surface area contributed by atoms with Gasteiger partial charge in [0.2, 0.25) is 0 Å². The number of phosphoric ester groups is 1. The standard InChI is InChI=1S/C24H23O12P.2Na/c25-13-8-18(29)23(19(30)9-13)16(27)6-4-12-2-1-3-22(36-37(33,34)35)15(12)5-7-17(28)24-20(31)10-14(26)11-21(24)32;;/h1-3,8-11,25-26,29-32H,4-7H2,(H2,33,34,35);;/q;2*+1/p-2. The van der Waals surface area contributed by atoms with Crippen LogP contribution in [0.4, 0.5) is 0 Å². The zero-order valence-electron chi connectivity index (χ0n) is 20.9. The SMILES string of the molecule is O=C(CCc1cccc(OP(=O)([O-])[O-])c1CCC(=O)c1c(O)cc(O)cc1O)c1c(O)cc(O)cc1O.[Na+].[Na+]. The average Bonchev–Trinajstić information content (AvgIpc) is 2.74. The fourth-order valence-corrected chi connectivity index (χ4v) is 4.25. The van der Waals surface area contributed by atoms with E-state index in [-0.39, 0.29) is 89.7 Å². The number of rotatable bonds is 10. The zero-order chi connectivity index (χ0) is 27.5. The van der Waals surface area contributed by atoms with E-state index in [4.69, 9.17) is 0 Å². The average molecular weight is 578 g/mol. The van der Waals surface area contributed by atoms with Gasteiger partial charge in [-0.05, 0) is 30.0 Å². The van der Waals surface area contributed by atoms with Crippen molar-refractivity contribution < 1.29 is 118 Å². The van der Waals surface area contributed by atoms with Crippen LogP contribution in [0.25, 0.3) is 0 Å². The van der Waals surface area contributed by atoms with Crippen LogP contribution >= 0.6 is 7.82 Å². The van der Waals surface area contributed by atoms with Crippen molar-refractivity contribution in [1.82, 2.24) is 0 Å². The fraction of sp³-hybridized carbons (Fsp3) is 0.167. The normalized spacial score (nSPS) is 10.7. The molecule has 0 saturated heterocycles. The fourth-order valence-electron chi connectivity index (χ4n) is 3.84. The summed E-state index contributed by atoms with van der Waals surface area (Å²) in [4.78, 5) is 47.8. The van der Waals surface area contributed by atoms with Crippen LogP contribution in [-0.4, -0.2) is 42.2 Å². The zero-order valence-corrected chi connectivity index (χ0v) is 25.8. The molecule has 3 aromatic carbocycles. The van der Waals surface area contributed by atoms with Crippen LogP contribution in [0.1, 0.15) is 44.7 Å². The Morgan fingerprint density at radius 1 is 0.718 bits per heavy atom. The second-order valence-corrected chi connectivity index (χ2v) is 9.07. The molecule has 0 aliphatic carbocycles. The Kier molecular flexibility index (Phi) is 12.8. The second-order valence-electron chi connectivity index (χ2n) is 8.00. The third-order valence-electron chi connectivity index (χ3n) is 5.38. The first-order valence-electron chi connectivity index (χ1n) is 10.7. The number of aryl methyl sites for hydroxylation is 1. The molecule has 0 atom stereocenters. The predicted molar refractivity (Wildman–Crippen MR) is 123 cm³/mol. The van der Waals surface area contributed by atoms with Crippen LogP contribution < -0.4 is 73.4 Å². The number of hydrogen-bond donors (Lipinski definition) is 6. The number of phenols is 6. The summed E-state index contributed by atoms with van der Waals surface area (Å²) in [5.41, 5.74) is -0.551. The van der Waals surface area contributed by atoms with E-state index in [2.05, 4.69) is 4.52 Å². The summed E-state index contributed by atoms with van der Waals surface area (Å²) < 4.78 is 15.8. The van der Waals surface area contributed by atoms with Gasteiger partial charge in [0.25, 0.3) is 0 Å². The molecule has 0 aliphatic heterocycles. The van der Waals surface area contributed by atoms with Gasteiger partial charge in [-0.25, -0.2) is 0 Å². The van der Waals surface area contributed by atoms with Crippen molar-refractivity contribution in [1.29, 1.82) is 0 Å². The predicted octanol–water partition coefficient (Wildman–Crippen LogP) is -4.23. The topological polar surface area (TPSA) is 228 Å². The molecular weight excluding hydrogens is 557 g/mol. The number of Topliss-reactive ketones (excluding diaryl/α,β-unsaturated/α-hetero) is 2. The first kappa shape index (κ1) is 34.8. The molecule has 3 rings (SSSR count). The molecule has 0 amide bonds.